The van der Waals surface area contributed by atoms with Gasteiger partial charge in [0.05, 0.1) is 11.8 Å². The lowest BCUT2D eigenvalue weighted by atomic mass is 10.1. The number of nitrogens with zero attached hydrogens (tertiary/aromatic N) is 3. The first-order chi connectivity index (χ1) is 8.52. The van der Waals surface area contributed by atoms with Crippen molar-refractivity contribution >= 4 is 17.3 Å². The highest BCUT2D eigenvalue weighted by atomic mass is 16.5. The summed E-state index contributed by atoms with van der Waals surface area (Å²) in [6.45, 7) is 7.35. The Morgan fingerprint density at radius 1 is 1.50 bits per heavy atom. The van der Waals surface area contributed by atoms with Crippen LogP contribution in [-0.2, 0) is 4.74 Å². The Kier molecular flexibility index (Phi) is 3.38. The van der Waals surface area contributed by atoms with Gasteiger partial charge in [0, 0.05) is 25.5 Å². The highest BCUT2D eigenvalue weighted by Gasteiger charge is 2.18. The summed E-state index contributed by atoms with van der Waals surface area (Å²) in [5, 5.41) is 3.24. The molecule has 2 aromatic rings. The molecule has 0 spiro atoms. The summed E-state index contributed by atoms with van der Waals surface area (Å²) in [5.41, 5.74) is 6.25. The Morgan fingerprint density at radius 2 is 2.28 bits per heavy atom. The maximum absolute atomic E-state index is 5.75. The van der Waals surface area contributed by atoms with Crippen molar-refractivity contribution in [3.63, 3.8) is 0 Å². The van der Waals surface area contributed by atoms with Crippen LogP contribution in [-0.4, -0.2) is 33.1 Å². The van der Waals surface area contributed by atoms with Crippen LogP contribution in [0.2, 0.25) is 0 Å². The fraction of sp³-hybridized carbons (Fsp3) is 0.500. The molecule has 0 aliphatic heterocycles. The molecule has 0 amide bonds. The number of fused-ring (bicyclic) bond motifs is 1. The van der Waals surface area contributed by atoms with Gasteiger partial charge in [0.15, 0.2) is 11.5 Å². The molecular formula is C12H19N5O. The van der Waals surface area contributed by atoms with E-state index >= 15 is 0 Å². The Bertz CT molecular complexity index is 534. The number of imidazole rings is 1. The third kappa shape index (κ3) is 2.70. The van der Waals surface area contributed by atoms with Crippen molar-refractivity contribution in [2.24, 2.45) is 0 Å². The average molecular weight is 249 g/mol. The molecule has 0 atom stereocenters. The molecule has 6 nitrogen and oxygen atoms in total. The van der Waals surface area contributed by atoms with Crippen LogP contribution in [0.3, 0.4) is 0 Å². The minimum Gasteiger partial charge on any atom is -0.382 e. The van der Waals surface area contributed by atoms with Crippen molar-refractivity contribution in [2.75, 3.05) is 24.2 Å². The molecule has 6 heteroatoms. The van der Waals surface area contributed by atoms with Crippen molar-refractivity contribution in [3.05, 3.63) is 18.6 Å². The largest absolute Gasteiger partial charge is 0.382 e. The van der Waals surface area contributed by atoms with E-state index in [1.54, 1.807) is 12.4 Å². The van der Waals surface area contributed by atoms with Crippen LogP contribution in [0.4, 0.5) is 11.6 Å². The first-order valence-corrected chi connectivity index (χ1v) is 5.99. The second kappa shape index (κ2) is 4.81. The molecular weight excluding hydrogens is 230 g/mol. The van der Waals surface area contributed by atoms with Gasteiger partial charge in [-0.15, -0.1) is 0 Å². The molecule has 2 aromatic heterocycles. The number of rotatable bonds is 5. The van der Waals surface area contributed by atoms with Crippen LogP contribution in [0, 0.1) is 0 Å². The van der Waals surface area contributed by atoms with Gasteiger partial charge in [0.2, 0.25) is 0 Å². The molecule has 0 bridgehead atoms. The second-order valence-electron chi connectivity index (χ2n) is 4.72. The number of ether oxygens (including phenoxy) is 1. The van der Waals surface area contributed by atoms with Crippen LogP contribution in [0.25, 0.3) is 5.65 Å². The van der Waals surface area contributed by atoms with Gasteiger partial charge in [-0.2, -0.15) is 0 Å². The fourth-order valence-electron chi connectivity index (χ4n) is 1.81. The highest BCUT2D eigenvalue weighted by molar-refractivity contribution is 5.64. The predicted octanol–water partition coefficient (Wildman–Crippen LogP) is 1.54. The summed E-state index contributed by atoms with van der Waals surface area (Å²) in [7, 11) is 0. The van der Waals surface area contributed by atoms with Gasteiger partial charge in [0.1, 0.15) is 5.82 Å². The molecule has 3 N–H and O–H groups in total. The van der Waals surface area contributed by atoms with Crippen LogP contribution in [0.15, 0.2) is 18.6 Å². The molecule has 0 saturated carbocycles. The number of nitrogen functional groups attached to an aromatic ring is 1. The van der Waals surface area contributed by atoms with E-state index in [1.807, 2.05) is 31.4 Å². The fourth-order valence-corrected chi connectivity index (χ4v) is 1.81. The Balaban J connectivity index is 2.19. The van der Waals surface area contributed by atoms with Crippen LogP contribution < -0.4 is 11.1 Å². The third-order valence-corrected chi connectivity index (χ3v) is 2.61. The van der Waals surface area contributed by atoms with Crippen molar-refractivity contribution in [1.82, 2.24) is 14.4 Å². The number of aromatic nitrogens is 3. The van der Waals surface area contributed by atoms with E-state index < -0.39 is 0 Å². The van der Waals surface area contributed by atoms with Crippen molar-refractivity contribution in [2.45, 2.75) is 26.4 Å². The summed E-state index contributed by atoms with van der Waals surface area (Å²) in [6, 6.07) is 0. The number of nitrogens with one attached hydrogen (secondary N) is 1. The first kappa shape index (κ1) is 12.6. The van der Waals surface area contributed by atoms with E-state index in [4.69, 9.17) is 10.5 Å². The Hall–Kier alpha value is -1.82. The molecule has 0 radical (unpaired) electrons. The lowest BCUT2D eigenvalue weighted by Gasteiger charge is -2.25. The maximum Gasteiger partial charge on any atom is 0.180 e. The topological polar surface area (TPSA) is 77.5 Å². The molecule has 0 aliphatic rings. The molecule has 98 valence electrons. The van der Waals surface area contributed by atoms with Gasteiger partial charge in [-0.25, -0.2) is 9.97 Å². The van der Waals surface area contributed by atoms with Crippen molar-refractivity contribution in [3.8, 4) is 0 Å². The summed E-state index contributed by atoms with van der Waals surface area (Å²) in [4.78, 5) is 8.51. The van der Waals surface area contributed by atoms with E-state index in [9.17, 15) is 0 Å². The summed E-state index contributed by atoms with van der Waals surface area (Å²) < 4.78 is 7.47. The summed E-state index contributed by atoms with van der Waals surface area (Å²) in [5.74, 6) is 1.13. The zero-order valence-electron chi connectivity index (χ0n) is 11.0. The Labute approximate surface area is 106 Å². The minimum absolute atomic E-state index is 0.259. The SMILES string of the molecule is CCOC(C)(C)CNc1nc(N)cn2ccnc12. The highest BCUT2D eigenvalue weighted by Crippen LogP contribution is 2.17. The van der Waals surface area contributed by atoms with Crippen molar-refractivity contribution in [1.29, 1.82) is 0 Å². The normalized spacial score (nSPS) is 11.9. The van der Waals surface area contributed by atoms with Gasteiger partial charge >= 0.3 is 0 Å². The lowest BCUT2D eigenvalue weighted by Crippen LogP contribution is -2.33. The summed E-state index contributed by atoms with van der Waals surface area (Å²) >= 11 is 0. The van der Waals surface area contributed by atoms with Crippen LogP contribution in [0.5, 0.6) is 0 Å². The van der Waals surface area contributed by atoms with Crippen molar-refractivity contribution < 1.29 is 4.74 Å². The molecule has 2 heterocycles. The van der Waals surface area contributed by atoms with Gasteiger partial charge in [-0.3, -0.25) is 0 Å². The standard InChI is InChI=1S/C12H19N5O/c1-4-18-12(2,3)8-15-10-11-14-5-6-17(11)7-9(13)16-10/h5-7H,4,8,13H2,1-3H3,(H,15,16). The monoisotopic (exact) mass is 249 g/mol. The zero-order chi connectivity index (χ0) is 13.2. The van der Waals surface area contributed by atoms with Gasteiger partial charge in [-0.05, 0) is 20.8 Å². The summed E-state index contributed by atoms with van der Waals surface area (Å²) in [6.07, 6.45) is 5.29. The van der Waals surface area contributed by atoms with E-state index in [0.29, 0.717) is 24.8 Å². The van der Waals surface area contributed by atoms with E-state index in [2.05, 4.69) is 15.3 Å². The molecule has 0 unspecified atom stereocenters. The molecule has 0 aromatic carbocycles. The average Bonchev–Trinajstić information content (AvgIpc) is 2.73. The number of nitrogens with two attached hydrogens (primary N) is 1. The van der Waals surface area contributed by atoms with Gasteiger partial charge < -0.3 is 20.2 Å². The van der Waals surface area contributed by atoms with Crippen LogP contribution >= 0.6 is 0 Å². The predicted molar refractivity (Wildman–Crippen MR) is 71.6 cm³/mol. The van der Waals surface area contributed by atoms with Crippen LogP contribution in [0.1, 0.15) is 20.8 Å². The minimum atomic E-state index is -0.259. The number of anilines is 2. The molecule has 2 rings (SSSR count). The second-order valence-corrected chi connectivity index (χ2v) is 4.72. The smallest absolute Gasteiger partial charge is 0.180 e. The maximum atomic E-state index is 5.75. The first-order valence-electron chi connectivity index (χ1n) is 5.99. The number of hydrogen-bond acceptors (Lipinski definition) is 5. The quantitative estimate of drug-likeness (QED) is 0.840. The van der Waals surface area contributed by atoms with E-state index in [0.717, 1.165) is 5.65 Å². The number of hydrogen-bond donors (Lipinski definition) is 2. The van der Waals surface area contributed by atoms with E-state index in [1.165, 1.54) is 0 Å². The van der Waals surface area contributed by atoms with E-state index in [-0.39, 0.29) is 5.60 Å². The molecule has 0 fully saturated rings. The lowest BCUT2D eigenvalue weighted by molar-refractivity contribution is 0.000659. The molecule has 0 aliphatic carbocycles. The Morgan fingerprint density at radius 3 is 3.00 bits per heavy atom. The molecule has 18 heavy (non-hydrogen) atoms. The third-order valence-electron chi connectivity index (χ3n) is 2.61. The molecule has 0 saturated heterocycles. The zero-order valence-corrected chi connectivity index (χ0v) is 11.0. The van der Waals surface area contributed by atoms with Gasteiger partial charge in [-0.1, -0.05) is 0 Å². The van der Waals surface area contributed by atoms with Gasteiger partial charge in [0.25, 0.3) is 0 Å².